The fourth-order valence-electron chi connectivity index (χ4n) is 4.20. The molecule has 1 aliphatic heterocycles. The number of phenols is 1. The van der Waals surface area contributed by atoms with Crippen LogP contribution in [0.5, 0.6) is 11.5 Å². The molecule has 0 saturated heterocycles. The minimum atomic E-state index is -0.415. The molecule has 0 radical (unpaired) electrons. The zero-order valence-corrected chi connectivity index (χ0v) is 17.8. The number of fused-ring (bicyclic) bond motifs is 1. The summed E-state index contributed by atoms with van der Waals surface area (Å²) < 4.78 is 5.75. The third-order valence-corrected chi connectivity index (χ3v) is 5.67. The number of aromatic nitrogens is 3. The van der Waals surface area contributed by atoms with Gasteiger partial charge in [0.2, 0.25) is 0 Å². The van der Waals surface area contributed by atoms with Crippen LogP contribution >= 0.6 is 0 Å². The van der Waals surface area contributed by atoms with Gasteiger partial charge in [0.15, 0.2) is 0 Å². The Kier molecular flexibility index (Phi) is 5.36. The molecule has 2 aromatic heterocycles. The summed E-state index contributed by atoms with van der Waals surface area (Å²) in [6, 6.07) is 18.0. The van der Waals surface area contributed by atoms with Gasteiger partial charge < -0.3 is 14.7 Å². The van der Waals surface area contributed by atoms with Gasteiger partial charge in [0.1, 0.15) is 29.5 Å². The van der Waals surface area contributed by atoms with Crippen LogP contribution in [0, 0.1) is 0 Å². The van der Waals surface area contributed by atoms with Crippen LogP contribution < -0.4 is 4.74 Å². The van der Waals surface area contributed by atoms with Gasteiger partial charge in [0.05, 0.1) is 6.04 Å². The van der Waals surface area contributed by atoms with Gasteiger partial charge in [-0.05, 0) is 47.5 Å². The van der Waals surface area contributed by atoms with Crippen molar-refractivity contribution in [3.8, 4) is 22.8 Å². The molecule has 0 saturated carbocycles. The van der Waals surface area contributed by atoms with Crippen LogP contribution in [-0.2, 0) is 6.54 Å². The molecule has 1 unspecified atom stereocenters. The lowest BCUT2D eigenvalue weighted by Crippen LogP contribution is -2.29. The third kappa shape index (κ3) is 3.74. The quantitative estimate of drug-likeness (QED) is 0.415. The summed E-state index contributed by atoms with van der Waals surface area (Å²) in [5, 5.41) is 17.8. The van der Waals surface area contributed by atoms with Crippen molar-refractivity contribution in [1.29, 1.82) is 0 Å². The zero-order chi connectivity index (χ0) is 22.8. The predicted octanol–water partition coefficient (Wildman–Crippen LogP) is 4.49. The Balaban J connectivity index is 1.65. The highest BCUT2D eigenvalue weighted by Gasteiger charge is 2.42. The van der Waals surface area contributed by atoms with Crippen LogP contribution in [0.4, 0.5) is 0 Å². The van der Waals surface area contributed by atoms with E-state index in [-0.39, 0.29) is 11.7 Å². The monoisotopic (exact) mass is 438 g/mol. The number of carbonyl (C=O) groups excluding carboxylic acids is 1. The summed E-state index contributed by atoms with van der Waals surface area (Å²) >= 11 is 0. The molecule has 0 bridgehead atoms. The van der Waals surface area contributed by atoms with Gasteiger partial charge in [-0.2, -0.15) is 5.10 Å². The molecule has 2 N–H and O–H groups in total. The van der Waals surface area contributed by atoms with Crippen molar-refractivity contribution in [3.05, 3.63) is 108 Å². The number of aromatic hydroxyl groups is 1. The molecular formula is C26H22N4O3. The SMILES string of the molecule is C=CCOc1cccc(C2c3c(-c4ccccc4O)n[nH]c3C(=O)N2Cc2ccncc2)c1. The summed E-state index contributed by atoms with van der Waals surface area (Å²) in [5.74, 6) is 0.636. The average Bonchev–Trinajstić information content (AvgIpc) is 3.38. The van der Waals surface area contributed by atoms with Gasteiger partial charge in [-0.25, -0.2) is 0 Å². The first-order chi connectivity index (χ1) is 16.2. The number of hydrogen-bond acceptors (Lipinski definition) is 5. The minimum absolute atomic E-state index is 0.105. The molecule has 4 aromatic rings. The fourth-order valence-corrected chi connectivity index (χ4v) is 4.20. The maximum Gasteiger partial charge on any atom is 0.273 e. The van der Waals surface area contributed by atoms with E-state index in [1.54, 1.807) is 41.6 Å². The zero-order valence-electron chi connectivity index (χ0n) is 17.8. The Bertz CT molecular complexity index is 1320. The number of aromatic amines is 1. The van der Waals surface area contributed by atoms with Crippen molar-refractivity contribution in [2.75, 3.05) is 6.61 Å². The molecule has 1 atom stereocenters. The summed E-state index contributed by atoms with van der Waals surface area (Å²) in [6.07, 6.45) is 5.11. The predicted molar refractivity (Wildman–Crippen MR) is 124 cm³/mol. The first-order valence-corrected chi connectivity index (χ1v) is 10.6. The fraction of sp³-hybridized carbons (Fsp3) is 0.115. The van der Waals surface area contributed by atoms with Crippen molar-refractivity contribution < 1.29 is 14.6 Å². The van der Waals surface area contributed by atoms with Crippen molar-refractivity contribution >= 4 is 5.91 Å². The Morgan fingerprint density at radius 2 is 1.94 bits per heavy atom. The Labute approximate surface area is 191 Å². The highest BCUT2D eigenvalue weighted by Crippen LogP contribution is 2.45. The van der Waals surface area contributed by atoms with Crippen LogP contribution in [0.2, 0.25) is 0 Å². The number of ether oxygens (including phenoxy) is 1. The number of para-hydroxylation sites is 1. The van der Waals surface area contributed by atoms with E-state index in [0.717, 1.165) is 16.7 Å². The van der Waals surface area contributed by atoms with Crippen LogP contribution in [0.25, 0.3) is 11.3 Å². The van der Waals surface area contributed by atoms with Crippen molar-refractivity contribution in [2.24, 2.45) is 0 Å². The summed E-state index contributed by atoms with van der Waals surface area (Å²) in [5.41, 5.74) is 4.12. The first-order valence-electron chi connectivity index (χ1n) is 10.6. The molecule has 1 amide bonds. The van der Waals surface area contributed by atoms with Crippen LogP contribution in [0.1, 0.15) is 33.2 Å². The average molecular weight is 438 g/mol. The number of pyridine rings is 1. The van der Waals surface area contributed by atoms with E-state index in [4.69, 9.17) is 4.74 Å². The van der Waals surface area contributed by atoms with Gasteiger partial charge in [-0.1, -0.05) is 36.9 Å². The van der Waals surface area contributed by atoms with Gasteiger partial charge in [0.25, 0.3) is 5.91 Å². The second-order valence-corrected chi connectivity index (χ2v) is 7.74. The van der Waals surface area contributed by atoms with E-state index in [9.17, 15) is 9.90 Å². The molecule has 1 aliphatic rings. The maximum atomic E-state index is 13.5. The van der Waals surface area contributed by atoms with Crippen LogP contribution in [0.3, 0.4) is 0 Å². The van der Waals surface area contributed by atoms with E-state index in [0.29, 0.717) is 35.9 Å². The highest BCUT2D eigenvalue weighted by atomic mass is 16.5. The van der Waals surface area contributed by atoms with Gasteiger partial charge in [-0.3, -0.25) is 14.9 Å². The topological polar surface area (TPSA) is 91.3 Å². The molecule has 0 aliphatic carbocycles. The molecular weight excluding hydrogens is 416 g/mol. The molecule has 0 fully saturated rings. The molecule has 164 valence electrons. The Hall–Kier alpha value is -4.39. The lowest BCUT2D eigenvalue weighted by Gasteiger charge is -2.27. The lowest BCUT2D eigenvalue weighted by molar-refractivity contribution is 0.0729. The molecule has 2 aromatic carbocycles. The molecule has 0 spiro atoms. The van der Waals surface area contributed by atoms with Gasteiger partial charge in [0, 0.05) is 30.1 Å². The summed E-state index contributed by atoms with van der Waals surface area (Å²) in [7, 11) is 0. The van der Waals surface area contributed by atoms with E-state index in [2.05, 4.69) is 21.8 Å². The molecule has 5 rings (SSSR count). The number of nitrogens with one attached hydrogen (secondary N) is 1. The number of phenolic OH excluding ortho intramolecular Hbond substituents is 1. The highest BCUT2D eigenvalue weighted by molar-refractivity contribution is 6.00. The third-order valence-electron chi connectivity index (χ3n) is 5.67. The standard InChI is InChI=1S/C26H22N4O3/c1-2-14-33-19-7-5-6-18(15-19)25-22-23(20-8-3-4-9-21(20)31)28-29-24(22)26(32)30(25)16-17-10-12-27-13-11-17/h2-13,15,25,31H,1,14,16H2,(H,28,29). The van der Waals surface area contributed by atoms with Gasteiger partial charge in [-0.15, -0.1) is 0 Å². The molecule has 33 heavy (non-hydrogen) atoms. The number of nitrogens with zero attached hydrogens (tertiary/aromatic N) is 3. The molecule has 7 heteroatoms. The number of amides is 1. The number of benzene rings is 2. The lowest BCUT2D eigenvalue weighted by atomic mass is 9.95. The summed E-state index contributed by atoms with van der Waals surface area (Å²) in [4.78, 5) is 19.4. The van der Waals surface area contributed by atoms with Crippen molar-refractivity contribution in [2.45, 2.75) is 12.6 Å². The number of H-pyrrole nitrogens is 1. The smallest absolute Gasteiger partial charge is 0.273 e. The summed E-state index contributed by atoms with van der Waals surface area (Å²) in [6.45, 7) is 4.48. The van der Waals surface area contributed by atoms with E-state index in [1.807, 2.05) is 42.5 Å². The second-order valence-electron chi connectivity index (χ2n) is 7.74. The van der Waals surface area contributed by atoms with E-state index in [1.165, 1.54) is 0 Å². The van der Waals surface area contributed by atoms with Crippen molar-refractivity contribution in [3.63, 3.8) is 0 Å². The maximum absolute atomic E-state index is 13.5. The molecule has 7 nitrogen and oxygen atoms in total. The Morgan fingerprint density at radius 1 is 1.12 bits per heavy atom. The second kappa shape index (κ2) is 8.63. The van der Waals surface area contributed by atoms with E-state index >= 15 is 0 Å². The number of hydrogen-bond donors (Lipinski definition) is 2. The van der Waals surface area contributed by atoms with E-state index < -0.39 is 6.04 Å². The van der Waals surface area contributed by atoms with Gasteiger partial charge >= 0.3 is 0 Å². The minimum Gasteiger partial charge on any atom is -0.507 e. The number of rotatable bonds is 7. The normalized spacial score (nSPS) is 14.8. The number of carbonyl (C=O) groups is 1. The van der Waals surface area contributed by atoms with Crippen LogP contribution in [-0.4, -0.2) is 37.7 Å². The van der Waals surface area contributed by atoms with Crippen LogP contribution in [0.15, 0.2) is 85.7 Å². The molecule has 3 heterocycles. The Morgan fingerprint density at radius 3 is 2.73 bits per heavy atom. The van der Waals surface area contributed by atoms with Crippen molar-refractivity contribution in [1.82, 2.24) is 20.1 Å². The first kappa shape index (κ1) is 20.5. The largest absolute Gasteiger partial charge is 0.507 e.